The third kappa shape index (κ3) is 3.58. The standard InChI is InChI=1S/C33H22N2O9/c1-41-18-8-9-22(23(13-18)35(39)40)34-31(36)28-20(17-7-10-24-26(12-17)43-15-42-24)14-21-27-19-5-3-2-4-16(19)6-11-25(27)44-33(38)29(21)30(28)32(34)37/h2-14,20,28-30H,15H2,1H3/t20-,28-,29-,30+/m1/s1. The van der Waals surface area contributed by atoms with Crippen molar-refractivity contribution in [3.05, 3.63) is 100 Å². The highest BCUT2D eigenvalue weighted by molar-refractivity contribution is 6.25. The van der Waals surface area contributed by atoms with Crippen molar-refractivity contribution in [1.82, 2.24) is 0 Å². The summed E-state index contributed by atoms with van der Waals surface area (Å²) in [5, 5.41) is 13.8. The van der Waals surface area contributed by atoms with Crippen molar-refractivity contribution >= 4 is 45.5 Å². The van der Waals surface area contributed by atoms with E-state index in [9.17, 15) is 24.5 Å². The number of anilines is 1. The maximum atomic E-state index is 14.4. The molecular formula is C33H22N2O9. The summed E-state index contributed by atoms with van der Waals surface area (Å²) >= 11 is 0. The Labute approximate surface area is 249 Å². The minimum atomic E-state index is -1.18. The fourth-order valence-corrected chi connectivity index (χ4v) is 6.98. The Morgan fingerprint density at radius 1 is 0.886 bits per heavy atom. The van der Waals surface area contributed by atoms with Gasteiger partial charge in [-0.05, 0) is 52.2 Å². The molecule has 218 valence electrons. The van der Waals surface area contributed by atoms with Gasteiger partial charge in [0.15, 0.2) is 11.5 Å². The molecule has 3 heterocycles. The topological polar surface area (TPSA) is 135 Å². The van der Waals surface area contributed by atoms with Crippen molar-refractivity contribution in [2.45, 2.75) is 5.92 Å². The van der Waals surface area contributed by atoms with Crippen LogP contribution in [0.4, 0.5) is 11.4 Å². The van der Waals surface area contributed by atoms with Crippen LogP contribution in [0.3, 0.4) is 0 Å². The molecule has 11 nitrogen and oxygen atoms in total. The van der Waals surface area contributed by atoms with Gasteiger partial charge < -0.3 is 18.9 Å². The number of methoxy groups -OCH3 is 1. The molecule has 0 spiro atoms. The first kappa shape index (κ1) is 26.0. The first-order valence-electron chi connectivity index (χ1n) is 13.9. The summed E-state index contributed by atoms with van der Waals surface area (Å²) in [4.78, 5) is 54.7. The lowest BCUT2D eigenvalue weighted by atomic mass is 9.64. The molecule has 0 bridgehead atoms. The number of carbonyl (C=O) groups is 3. The average Bonchev–Trinajstić information content (AvgIpc) is 3.61. The van der Waals surface area contributed by atoms with Crippen molar-refractivity contribution in [3.8, 4) is 23.0 Å². The fourth-order valence-electron chi connectivity index (χ4n) is 6.98. The van der Waals surface area contributed by atoms with Crippen LogP contribution in [0.25, 0.3) is 16.3 Å². The number of ether oxygens (including phenoxy) is 4. The van der Waals surface area contributed by atoms with Gasteiger partial charge in [0.1, 0.15) is 17.2 Å². The summed E-state index contributed by atoms with van der Waals surface area (Å²) < 4.78 is 22.1. The van der Waals surface area contributed by atoms with E-state index in [1.807, 2.05) is 36.4 Å². The number of nitro benzene ring substituents is 1. The van der Waals surface area contributed by atoms with Crippen molar-refractivity contribution in [1.29, 1.82) is 0 Å². The Hall–Kier alpha value is -5.71. The van der Waals surface area contributed by atoms with Crippen LogP contribution in [0.5, 0.6) is 23.0 Å². The normalized spacial score (nSPS) is 23.1. The van der Waals surface area contributed by atoms with E-state index in [1.54, 1.807) is 24.3 Å². The number of hydrogen-bond donors (Lipinski definition) is 0. The Balaban J connectivity index is 1.36. The zero-order chi connectivity index (χ0) is 30.3. The number of allylic oxidation sites excluding steroid dienone is 1. The number of nitro groups is 1. The lowest BCUT2D eigenvalue weighted by Gasteiger charge is -2.38. The molecule has 4 aromatic carbocycles. The fraction of sp³-hybridized carbons (Fsp3) is 0.182. The van der Waals surface area contributed by atoms with Gasteiger partial charge in [-0.25, -0.2) is 4.90 Å². The van der Waals surface area contributed by atoms with E-state index in [-0.39, 0.29) is 18.2 Å². The second-order valence-corrected chi connectivity index (χ2v) is 11.0. The molecule has 2 amide bonds. The van der Waals surface area contributed by atoms with Crippen LogP contribution < -0.4 is 23.8 Å². The lowest BCUT2D eigenvalue weighted by molar-refractivity contribution is -0.384. The molecule has 0 unspecified atom stereocenters. The monoisotopic (exact) mass is 590 g/mol. The quantitative estimate of drug-likeness (QED) is 0.106. The molecule has 1 saturated heterocycles. The van der Waals surface area contributed by atoms with Gasteiger partial charge in [0.25, 0.3) is 5.69 Å². The van der Waals surface area contributed by atoms with E-state index in [0.717, 1.165) is 21.7 Å². The Morgan fingerprint density at radius 3 is 2.48 bits per heavy atom. The number of carbonyl (C=O) groups excluding carboxylic acids is 3. The minimum Gasteiger partial charge on any atom is -0.496 e. The number of rotatable bonds is 4. The molecule has 44 heavy (non-hydrogen) atoms. The zero-order valence-corrected chi connectivity index (χ0v) is 23.1. The highest BCUT2D eigenvalue weighted by atomic mass is 16.7. The van der Waals surface area contributed by atoms with Crippen LogP contribution in [0.1, 0.15) is 17.0 Å². The van der Waals surface area contributed by atoms with Crippen LogP contribution >= 0.6 is 0 Å². The van der Waals surface area contributed by atoms with Gasteiger partial charge in [0.2, 0.25) is 18.6 Å². The molecule has 0 N–H and O–H groups in total. The highest BCUT2D eigenvalue weighted by Gasteiger charge is 2.61. The highest BCUT2D eigenvalue weighted by Crippen LogP contribution is 2.56. The van der Waals surface area contributed by atoms with Gasteiger partial charge in [-0.3, -0.25) is 24.5 Å². The number of benzene rings is 4. The summed E-state index contributed by atoms with van der Waals surface area (Å²) in [6, 6.07) is 20.5. The third-order valence-corrected chi connectivity index (χ3v) is 8.88. The van der Waals surface area contributed by atoms with Crippen molar-refractivity contribution in [3.63, 3.8) is 0 Å². The lowest BCUT2D eigenvalue weighted by Crippen LogP contribution is -2.42. The van der Waals surface area contributed by atoms with Gasteiger partial charge >= 0.3 is 5.97 Å². The largest absolute Gasteiger partial charge is 0.496 e. The van der Waals surface area contributed by atoms with Gasteiger partial charge in [-0.15, -0.1) is 0 Å². The summed E-state index contributed by atoms with van der Waals surface area (Å²) in [6.45, 7) is 0.0518. The Bertz CT molecular complexity index is 2000. The number of imide groups is 1. The van der Waals surface area contributed by atoms with Crippen molar-refractivity contribution < 1.29 is 38.3 Å². The van der Waals surface area contributed by atoms with Gasteiger partial charge in [0.05, 0.1) is 35.9 Å². The second-order valence-electron chi connectivity index (χ2n) is 11.0. The summed E-state index contributed by atoms with van der Waals surface area (Å²) in [7, 11) is 1.36. The van der Waals surface area contributed by atoms with Gasteiger partial charge in [-0.2, -0.15) is 0 Å². The average molecular weight is 591 g/mol. The number of nitrogens with zero attached hydrogens (tertiary/aromatic N) is 2. The van der Waals surface area contributed by atoms with E-state index in [4.69, 9.17) is 18.9 Å². The van der Waals surface area contributed by atoms with Crippen LogP contribution in [0.2, 0.25) is 0 Å². The smallest absolute Gasteiger partial charge is 0.319 e. The molecule has 4 atom stereocenters. The maximum Gasteiger partial charge on any atom is 0.319 e. The number of hydrogen-bond acceptors (Lipinski definition) is 9. The molecule has 4 aromatic rings. The Morgan fingerprint density at radius 2 is 1.66 bits per heavy atom. The summed E-state index contributed by atoms with van der Waals surface area (Å²) in [5.74, 6) is -4.46. The molecule has 0 aromatic heterocycles. The van der Waals surface area contributed by atoms with Crippen molar-refractivity contribution in [2.24, 2.45) is 17.8 Å². The molecule has 3 aliphatic heterocycles. The maximum absolute atomic E-state index is 14.4. The summed E-state index contributed by atoms with van der Waals surface area (Å²) in [5.41, 5.74) is 1.25. The number of esters is 1. The molecule has 1 aliphatic carbocycles. The molecule has 8 rings (SSSR count). The van der Waals surface area contributed by atoms with E-state index in [0.29, 0.717) is 33.9 Å². The Kier molecular flexibility index (Phi) is 5.54. The first-order valence-corrected chi connectivity index (χ1v) is 13.9. The number of amides is 2. The molecule has 0 saturated carbocycles. The molecule has 1 fully saturated rings. The van der Waals surface area contributed by atoms with E-state index in [2.05, 4.69) is 0 Å². The predicted molar refractivity (Wildman–Crippen MR) is 155 cm³/mol. The molecule has 0 radical (unpaired) electrons. The predicted octanol–water partition coefficient (Wildman–Crippen LogP) is 5.01. The van der Waals surface area contributed by atoms with E-state index in [1.165, 1.54) is 19.2 Å². The van der Waals surface area contributed by atoms with E-state index < -0.39 is 52.1 Å². The summed E-state index contributed by atoms with van der Waals surface area (Å²) in [6.07, 6.45) is 1.87. The van der Waals surface area contributed by atoms with E-state index >= 15 is 0 Å². The van der Waals surface area contributed by atoms with Gasteiger partial charge in [0, 0.05) is 11.5 Å². The van der Waals surface area contributed by atoms with Crippen molar-refractivity contribution in [2.75, 3.05) is 18.8 Å². The first-order chi connectivity index (χ1) is 21.4. The van der Waals surface area contributed by atoms with Crippen LogP contribution in [0.15, 0.2) is 78.9 Å². The SMILES string of the molecule is COc1ccc(N2C(=O)[C@@H]3[C@@H]4C(=O)Oc5ccc6ccccc6c5C4=C[C@H](c4ccc5c(c4)OCO5)[C@H]3C2=O)c([N+](=O)[O-])c1. The van der Waals surface area contributed by atoms with Gasteiger partial charge in [-0.1, -0.05) is 42.5 Å². The number of fused-ring (bicyclic) bond motifs is 8. The molecule has 11 heteroatoms. The second kappa shape index (κ2) is 9.40. The van der Waals surface area contributed by atoms with Crippen LogP contribution in [0, 0.1) is 27.9 Å². The third-order valence-electron chi connectivity index (χ3n) is 8.88. The van der Waals surface area contributed by atoms with Crippen LogP contribution in [-0.4, -0.2) is 36.6 Å². The zero-order valence-electron chi connectivity index (χ0n) is 23.1. The van der Waals surface area contributed by atoms with Crippen LogP contribution in [-0.2, 0) is 14.4 Å². The molecular weight excluding hydrogens is 568 g/mol. The minimum absolute atomic E-state index is 0.0518. The molecule has 4 aliphatic rings.